The summed E-state index contributed by atoms with van der Waals surface area (Å²) in [5, 5.41) is 27.3. The second-order valence-corrected chi connectivity index (χ2v) is 3.36. The van der Waals surface area contributed by atoms with E-state index in [-0.39, 0.29) is 12.8 Å². The highest BCUT2D eigenvalue weighted by Crippen LogP contribution is 2.34. The van der Waals surface area contributed by atoms with Gasteiger partial charge in [0.1, 0.15) is 0 Å². The first-order valence-corrected chi connectivity index (χ1v) is 4.18. The smallest absolute Gasteiger partial charge is 0.307 e. The number of rotatable bonds is 3. The van der Waals surface area contributed by atoms with E-state index in [1.165, 1.54) is 7.11 Å². The first-order valence-electron chi connectivity index (χ1n) is 4.18. The van der Waals surface area contributed by atoms with Crippen LogP contribution in [0.25, 0.3) is 0 Å². The summed E-state index contributed by atoms with van der Waals surface area (Å²) in [7, 11) is 1.31. The second-order valence-electron chi connectivity index (χ2n) is 3.36. The quantitative estimate of drug-likeness (QED) is 0.518. The van der Waals surface area contributed by atoms with E-state index in [4.69, 9.17) is 5.11 Å². The van der Waals surface area contributed by atoms with E-state index in [1.54, 1.807) is 0 Å². The van der Waals surface area contributed by atoms with Crippen molar-refractivity contribution in [1.82, 2.24) is 0 Å². The summed E-state index contributed by atoms with van der Waals surface area (Å²) in [6.45, 7) is 0. The van der Waals surface area contributed by atoms with E-state index in [9.17, 15) is 15.0 Å². The molecule has 0 saturated heterocycles. The molecule has 0 amide bonds. The maximum Gasteiger partial charge on any atom is 0.307 e. The second kappa shape index (κ2) is 4.04. The molecule has 1 aliphatic rings. The minimum absolute atomic E-state index is 0.195. The molecule has 0 aromatic rings. The third-order valence-corrected chi connectivity index (χ3v) is 2.51. The fourth-order valence-electron chi connectivity index (χ4n) is 1.82. The Morgan fingerprint density at radius 2 is 2.15 bits per heavy atom. The van der Waals surface area contributed by atoms with Crippen LogP contribution in [0.1, 0.15) is 12.8 Å². The number of carboxylic acids is 1. The van der Waals surface area contributed by atoms with E-state index in [2.05, 4.69) is 4.74 Å². The molecule has 0 heterocycles. The van der Waals surface area contributed by atoms with E-state index >= 15 is 0 Å². The Morgan fingerprint density at radius 1 is 1.54 bits per heavy atom. The number of ether oxygens (including phenoxy) is 1. The summed E-state index contributed by atoms with van der Waals surface area (Å²) in [5.41, 5.74) is 0. The monoisotopic (exact) mass is 190 g/mol. The molecule has 0 spiro atoms. The van der Waals surface area contributed by atoms with Gasteiger partial charge in [-0.2, -0.15) is 0 Å². The lowest BCUT2D eigenvalue weighted by Gasteiger charge is -2.19. The van der Waals surface area contributed by atoms with Gasteiger partial charge < -0.3 is 20.1 Å². The molecule has 5 heteroatoms. The molecule has 0 aliphatic heterocycles. The molecule has 13 heavy (non-hydrogen) atoms. The summed E-state index contributed by atoms with van der Waals surface area (Å²) in [6, 6.07) is 0. The largest absolute Gasteiger partial charge is 0.481 e. The van der Waals surface area contributed by atoms with Gasteiger partial charge in [-0.05, 0) is 12.8 Å². The van der Waals surface area contributed by atoms with Crippen LogP contribution in [-0.2, 0) is 9.53 Å². The SMILES string of the molecule is COC(O)[C@@H]1C[C@H](O)C[C@H]1C(=O)O. The van der Waals surface area contributed by atoms with Crippen molar-refractivity contribution in [2.24, 2.45) is 11.8 Å². The maximum atomic E-state index is 10.7. The number of hydrogen-bond donors (Lipinski definition) is 3. The van der Waals surface area contributed by atoms with Gasteiger partial charge in [0, 0.05) is 13.0 Å². The zero-order valence-corrected chi connectivity index (χ0v) is 7.38. The Kier molecular flexibility index (Phi) is 3.24. The Bertz CT molecular complexity index is 193. The molecule has 0 aromatic carbocycles. The van der Waals surface area contributed by atoms with Crippen LogP contribution >= 0.6 is 0 Å². The van der Waals surface area contributed by atoms with Crippen molar-refractivity contribution in [2.75, 3.05) is 7.11 Å². The molecule has 76 valence electrons. The minimum atomic E-state index is -1.10. The van der Waals surface area contributed by atoms with Crippen molar-refractivity contribution in [1.29, 1.82) is 0 Å². The van der Waals surface area contributed by atoms with Gasteiger partial charge in [0.2, 0.25) is 0 Å². The van der Waals surface area contributed by atoms with Gasteiger partial charge in [0.05, 0.1) is 12.0 Å². The number of aliphatic carboxylic acids is 1. The molecule has 4 atom stereocenters. The fraction of sp³-hybridized carbons (Fsp3) is 0.875. The number of hydrogen-bond acceptors (Lipinski definition) is 4. The van der Waals surface area contributed by atoms with Gasteiger partial charge in [-0.1, -0.05) is 0 Å². The van der Waals surface area contributed by atoms with Gasteiger partial charge in [-0.15, -0.1) is 0 Å². The topological polar surface area (TPSA) is 87.0 Å². The first-order chi connectivity index (χ1) is 6.06. The maximum absolute atomic E-state index is 10.7. The van der Waals surface area contributed by atoms with Crippen LogP contribution in [0.3, 0.4) is 0 Å². The van der Waals surface area contributed by atoms with Gasteiger partial charge >= 0.3 is 5.97 Å². The molecule has 3 N–H and O–H groups in total. The van der Waals surface area contributed by atoms with Crippen LogP contribution in [0, 0.1) is 11.8 Å². The van der Waals surface area contributed by atoms with Gasteiger partial charge in [-0.3, -0.25) is 4.79 Å². The summed E-state index contributed by atoms with van der Waals surface area (Å²) in [5.74, 6) is -2.19. The predicted molar refractivity (Wildman–Crippen MR) is 42.9 cm³/mol. The summed E-state index contributed by atoms with van der Waals surface area (Å²) in [6.07, 6.45) is -1.26. The summed E-state index contributed by atoms with van der Waals surface area (Å²) >= 11 is 0. The molecule has 1 saturated carbocycles. The lowest BCUT2D eigenvalue weighted by Crippen LogP contribution is -2.29. The molecule has 1 rings (SSSR count). The van der Waals surface area contributed by atoms with Gasteiger partial charge in [-0.25, -0.2) is 0 Å². The van der Waals surface area contributed by atoms with Crippen LogP contribution in [0.4, 0.5) is 0 Å². The van der Waals surface area contributed by atoms with E-state index < -0.39 is 30.2 Å². The molecule has 1 aliphatic carbocycles. The van der Waals surface area contributed by atoms with Crippen molar-refractivity contribution in [2.45, 2.75) is 25.2 Å². The van der Waals surface area contributed by atoms with Crippen molar-refractivity contribution >= 4 is 5.97 Å². The van der Waals surface area contributed by atoms with Crippen molar-refractivity contribution in [3.63, 3.8) is 0 Å². The average molecular weight is 190 g/mol. The Labute approximate surface area is 75.9 Å². The lowest BCUT2D eigenvalue weighted by atomic mass is 9.96. The highest BCUT2D eigenvalue weighted by Gasteiger charge is 2.42. The van der Waals surface area contributed by atoms with Crippen LogP contribution in [0.15, 0.2) is 0 Å². The van der Waals surface area contributed by atoms with Gasteiger partial charge in [0.15, 0.2) is 6.29 Å². The lowest BCUT2D eigenvalue weighted by molar-refractivity contribution is -0.155. The Morgan fingerprint density at radius 3 is 2.62 bits per heavy atom. The summed E-state index contributed by atoms with van der Waals surface area (Å²) < 4.78 is 4.64. The predicted octanol–water partition coefficient (Wildman–Crippen LogP) is -0.577. The van der Waals surface area contributed by atoms with Crippen LogP contribution in [-0.4, -0.2) is 40.8 Å². The zero-order valence-electron chi connectivity index (χ0n) is 7.38. The molecule has 1 fully saturated rings. The van der Waals surface area contributed by atoms with Gasteiger partial charge in [0.25, 0.3) is 0 Å². The molecule has 5 nitrogen and oxygen atoms in total. The zero-order chi connectivity index (χ0) is 10.0. The van der Waals surface area contributed by atoms with Crippen LogP contribution < -0.4 is 0 Å². The van der Waals surface area contributed by atoms with E-state index in [1.807, 2.05) is 0 Å². The standard InChI is InChI=1S/C8H14O5/c1-13-8(12)6-3-4(9)2-5(6)7(10)11/h4-6,8-9,12H,2-3H2,1H3,(H,10,11)/t4-,5-,6-,8?/m1/s1. The number of methoxy groups -OCH3 is 1. The number of aliphatic hydroxyl groups is 2. The Hall–Kier alpha value is -0.650. The molecular formula is C8H14O5. The fourth-order valence-corrected chi connectivity index (χ4v) is 1.82. The normalized spacial score (nSPS) is 36.1. The number of carbonyl (C=O) groups is 1. The molecule has 0 aromatic heterocycles. The highest BCUT2D eigenvalue weighted by atomic mass is 16.6. The molecule has 1 unspecified atom stereocenters. The minimum Gasteiger partial charge on any atom is -0.481 e. The highest BCUT2D eigenvalue weighted by molar-refractivity contribution is 5.71. The summed E-state index contributed by atoms with van der Waals surface area (Å²) in [4.78, 5) is 10.7. The van der Waals surface area contributed by atoms with E-state index in [0.29, 0.717) is 0 Å². The Balaban J connectivity index is 2.65. The average Bonchev–Trinajstić information content (AvgIpc) is 2.46. The van der Waals surface area contributed by atoms with Crippen LogP contribution in [0.2, 0.25) is 0 Å². The molecular weight excluding hydrogens is 176 g/mol. The third-order valence-electron chi connectivity index (χ3n) is 2.51. The number of carboxylic acid groups (broad SMARTS) is 1. The van der Waals surface area contributed by atoms with Crippen molar-refractivity contribution in [3.8, 4) is 0 Å². The molecule has 0 radical (unpaired) electrons. The third kappa shape index (κ3) is 2.18. The first kappa shape index (κ1) is 10.4. The van der Waals surface area contributed by atoms with E-state index in [0.717, 1.165) is 0 Å². The van der Waals surface area contributed by atoms with Crippen molar-refractivity contribution in [3.05, 3.63) is 0 Å². The van der Waals surface area contributed by atoms with Crippen LogP contribution in [0.5, 0.6) is 0 Å². The number of aliphatic hydroxyl groups excluding tert-OH is 2. The molecule has 0 bridgehead atoms. The van der Waals surface area contributed by atoms with Crippen molar-refractivity contribution < 1.29 is 24.9 Å².